The Morgan fingerprint density at radius 3 is 2.19 bits per heavy atom. The van der Waals surface area contributed by atoms with Gasteiger partial charge in [-0.25, -0.2) is 0 Å². The molecule has 0 unspecified atom stereocenters. The maximum atomic E-state index is 13.0. The van der Waals surface area contributed by atoms with E-state index in [1.54, 1.807) is 67.5 Å². The van der Waals surface area contributed by atoms with Gasteiger partial charge in [0.05, 0.1) is 14.2 Å². The van der Waals surface area contributed by atoms with E-state index in [1.807, 2.05) is 6.07 Å². The summed E-state index contributed by atoms with van der Waals surface area (Å²) >= 11 is 0. The Morgan fingerprint density at radius 2 is 1.62 bits per heavy atom. The number of benzene rings is 2. The smallest absolute Gasteiger partial charge is 0.254 e. The summed E-state index contributed by atoms with van der Waals surface area (Å²) in [4.78, 5) is 40.7. The van der Waals surface area contributed by atoms with Crippen molar-refractivity contribution in [1.29, 1.82) is 0 Å². The Hall–Kier alpha value is -3.55. The van der Waals surface area contributed by atoms with E-state index >= 15 is 0 Å². The van der Waals surface area contributed by atoms with Crippen molar-refractivity contribution in [3.8, 4) is 11.5 Å². The fourth-order valence-electron chi connectivity index (χ4n) is 3.93. The van der Waals surface area contributed by atoms with Crippen LogP contribution in [-0.2, 0) is 11.3 Å². The number of piperidine rings is 1. The van der Waals surface area contributed by atoms with Gasteiger partial charge in [-0.1, -0.05) is 12.1 Å². The zero-order valence-corrected chi connectivity index (χ0v) is 18.7. The number of rotatable bonds is 7. The average molecular weight is 440 g/mol. The molecule has 1 heterocycles. The highest BCUT2D eigenvalue weighted by Crippen LogP contribution is 2.26. The number of methoxy groups -OCH3 is 2. The van der Waals surface area contributed by atoms with Crippen LogP contribution < -0.4 is 15.2 Å². The fraction of sp³-hybridized carbons (Fsp3) is 0.375. The Kier molecular flexibility index (Phi) is 7.35. The standard InChI is InChI=1S/C24H29N3O5/c1-26(15-16-5-4-6-18(11-16)22(25)28)23(29)17-7-9-27(10-8-17)24(30)19-12-20(31-2)14-21(13-19)32-3/h4-6,11-14,17H,7-10,15H2,1-3H3,(H2,25,28). The molecule has 3 amide bonds. The number of nitrogens with two attached hydrogens (primary N) is 1. The molecule has 0 saturated carbocycles. The van der Waals surface area contributed by atoms with E-state index in [0.29, 0.717) is 55.1 Å². The van der Waals surface area contributed by atoms with E-state index in [2.05, 4.69) is 0 Å². The number of amides is 3. The van der Waals surface area contributed by atoms with Crippen LogP contribution in [0, 0.1) is 5.92 Å². The first-order chi connectivity index (χ1) is 15.3. The second-order valence-electron chi connectivity index (χ2n) is 7.93. The molecule has 1 saturated heterocycles. The lowest BCUT2D eigenvalue weighted by Crippen LogP contribution is -2.43. The summed E-state index contributed by atoms with van der Waals surface area (Å²) in [7, 11) is 4.83. The molecule has 0 aromatic heterocycles. The van der Waals surface area contributed by atoms with Crippen LogP contribution in [0.25, 0.3) is 0 Å². The fourth-order valence-corrected chi connectivity index (χ4v) is 3.93. The third-order valence-corrected chi connectivity index (χ3v) is 5.74. The summed E-state index contributed by atoms with van der Waals surface area (Å²) in [5.74, 6) is 0.392. The minimum absolute atomic E-state index is 0.0321. The number of carbonyl (C=O) groups excluding carboxylic acids is 3. The van der Waals surface area contributed by atoms with Gasteiger partial charge < -0.3 is 25.0 Å². The molecule has 0 radical (unpaired) electrons. The third kappa shape index (κ3) is 5.38. The van der Waals surface area contributed by atoms with Crippen LogP contribution in [0.15, 0.2) is 42.5 Å². The van der Waals surface area contributed by atoms with Crippen molar-refractivity contribution in [3.05, 3.63) is 59.2 Å². The molecule has 1 fully saturated rings. The molecular weight excluding hydrogens is 410 g/mol. The van der Waals surface area contributed by atoms with E-state index in [0.717, 1.165) is 5.56 Å². The van der Waals surface area contributed by atoms with Gasteiger partial charge in [-0.2, -0.15) is 0 Å². The molecule has 0 atom stereocenters. The lowest BCUT2D eigenvalue weighted by atomic mass is 9.94. The van der Waals surface area contributed by atoms with E-state index in [4.69, 9.17) is 15.2 Å². The summed E-state index contributed by atoms with van der Waals surface area (Å²) in [5.41, 5.74) is 7.10. The van der Waals surface area contributed by atoms with Crippen molar-refractivity contribution in [3.63, 3.8) is 0 Å². The van der Waals surface area contributed by atoms with Gasteiger partial charge in [-0.05, 0) is 42.7 Å². The number of hydrogen-bond donors (Lipinski definition) is 1. The molecule has 0 spiro atoms. The van der Waals surface area contributed by atoms with Gasteiger partial charge in [0.1, 0.15) is 11.5 Å². The number of likely N-dealkylation sites (tertiary alicyclic amines) is 1. The van der Waals surface area contributed by atoms with Gasteiger partial charge in [0.2, 0.25) is 11.8 Å². The maximum absolute atomic E-state index is 13.0. The Bertz CT molecular complexity index is 977. The lowest BCUT2D eigenvalue weighted by molar-refractivity contribution is -0.136. The monoisotopic (exact) mass is 439 g/mol. The predicted octanol–water partition coefficient (Wildman–Crippen LogP) is 2.31. The zero-order chi connectivity index (χ0) is 23.3. The molecule has 1 aliphatic rings. The van der Waals surface area contributed by atoms with Gasteiger partial charge in [0.15, 0.2) is 0 Å². The molecule has 2 aromatic rings. The van der Waals surface area contributed by atoms with Gasteiger partial charge in [0.25, 0.3) is 5.91 Å². The lowest BCUT2D eigenvalue weighted by Gasteiger charge is -2.33. The molecule has 2 N–H and O–H groups in total. The van der Waals surface area contributed by atoms with Crippen molar-refractivity contribution in [1.82, 2.24) is 9.80 Å². The summed E-state index contributed by atoms with van der Waals surface area (Å²) in [5, 5.41) is 0. The van der Waals surface area contributed by atoms with Crippen LogP contribution in [0.5, 0.6) is 11.5 Å². The first-order valence-electron chi connectivity index (χ1n) is 10.5. The van der Waals surface area contributed by atoms with Gasteiger partial charge in [0, 0.05) is 49.8 Å². The largest absolute Gasteiger partial charge is 0.497 e. The summed E-state index contributed by atoms with van der Waals surface area (Å²) in [6.07, 6.45) is 1.19. The number of carbonyl (C=O) groups is 3. The SMILES string of the molecule is COc1cc(OC)cc(C(=O)N2CCC(C(=O)N(C)Cc3cccc(C(N)=O)c3)CC2)c1. The summed E-state index contributed by atoms with van der Waals surface area (Å²) in [6.45, 7) is 1.39. The zero-order valence-electron chi connectivity index (χ0n) is 18.7. The number of hydrogen-bond acceptors (Lipinski definition) is 5. The Morgan fingerprint density at radius 1 is 1.00 bits per heavy atom. The normalized spacial score (nSPS) is 14.0. The van der Waals surface area contributed by atoms with E-state index in [9.17, 15) is 14.4 Å². The molecule has 8 nitrogen and oxygen atoms in total. The van der Waals surface area contributed by atoms with Crippen molar-refractivity contribution in [2.24, 2.45) is 11.7 Å². The highest BCUT2D eigenvalue weighted by molar-refractivity contribution is 5.95. The molecule has 2 aromatic carbocycles. The summed E-state index contributed by atoms with van der Waals surface area (Å²) < 4.78 is 10.5. The van der Waals surface area contributed by atoms with Crippen molar-refractivity contribution < 1.29 is 23.9 Å². The Labute approximate surface area is 187 Å². The topological polar surface area (TPSA) is 102 Å². The number of nitrogens with zero attached hydrogens (tertiary/aromatic N) is 2. The number of primary amides is 1. The molecule has 0 bridgehead atoms. The molecule has 8 heteroatoms. The maximum Gasteiger partial charge on any atom is 0.254 e. The second-order valence-corrected chi connectivity index (χ2v) is 7.93. The van der Waals surface area contributed by atoms with Crippen LogP contribution in [-0.4, -0.2) is 61.9 Å². The van der Waals surface area contributed by atoms with Crippen molar-refractivity contribution in [2.75, 3.05) is 34.4 Å². The van der Waals surface area contributed by atoms with Gasteiger partial charge in [-0.15, -0.1) is 0 Å². The predicted molar refractivity (Wildman–Crippen MR) is 120 cm³/mol. The quantitative estimate of drug-likeness (QED) is 0.713. The van der Waals surface area contributed by atoms with E-state index in [-0.39, 0.29) is 17.7 Å². The molecule has 0 aliphatic carbocycles. The molecular formula is C24H29N3O5. The van der Waals surface area contributed by atoms with E-state index in [1.165, 1.54) is 0 Å². The molecule has 32 heavy (non-hydrogen) atoms. The van der Waals surface area contributed by atoms with E-state index < -0.39 is 5.91 Å². The second kappa shape index (κ2) is 10.2. The van der Waals surface area contributed by atoms with Crippen molar-refractivity contribution in [2.45, 2.75) is 19.4 Å². The van der Waals surface area contributed by atoms with Crippen LogP contribution in [0.2, 0.25) is 0 Å². The van der Waals surface area contributed by atoms with Gasteiger partial charge >= 0.3 is 0 Å². The first-order valence-corrected chi connectivity index (χ1v) is 10.5. The first kappa shape index (κ1) is 23.1. The highest BCUT2D eigenvalue weighted by atomic mass is 16.5. The highest BCUT2D eigenvalue weighted by Gasteiger charge is 2.30. The van der Waals surface area contributed by atoms with Gasteiger partial charge in [-0.3, -0.25) is 14.4 Å². The summed E-state index contributed by atoms with van der Waals surface area (Å²) in [6, 6.07) is 12.1. The Balaban J connectivity index is 1.59. The molecule has 1 aliphatic heterocycles. The van der Waals surface area contributed by atoms with Crippen molar-refractivity contribution >= 4 is 17.7 Å². The number of ether oxygens (including phenoxy) is 2. The average Bonchev–Trinajstić information content (AvgIpc) is 2.82. The third-order valence-electron chi connectivity index (χ3n) is 5.74. The van der Waals surface area contributed by atoms with Crippen LogP contribution in [0.1, 0.15) is 39.1 Å². The van der Waals surface area contributed by atoms with Crippen LogP contribution in [0.3, 0.4) is 0 Å². The van der Waals surface area contributed by atoms with Crippen LogP contribution in [0.4, 0.5) is 0 Å². The molecule has 3 rings (SSSR count). The van der Waals surface area contributed by atoms with Crippen LogP contribution >= 0.6 is 0 Å². The minimum Gasteiger partial charge on any atom is -0.497 e. The molecule has 170 valence electrons. The minimum atomic E-state index is -0.494.